The van der Waals surface area contributed by atoms with Crippen LogP contribution in [0.15, 0.2) is 23.0 Å². The molecule has 142 valence electrons. The summed E-state index contributed by atoms with van der Waals surface area (Å²) in [5.74, 6) is -0.557. The summed E-state index contributed by atoms with van der Waals surface area (Å²) in [4.78, 5) is 13.3. The number of carbonyl (C=O) groups is 1. The van der Waals surface area contributed by atoms with E-state index in [4.69, 9.17) is 13.9 Å². The first-order valence-electron chi connectivity index (χ1n) is 9.52. The molecule has 4 fully saturated rings. The van der Waals surface area contributed by atoms with Gasteiger partial charge in [-0.2, -0.15) is 0 Å². The van der Waals surface area contributed by atoms with E-state index in [0.29, 0.717) is 25.7 Å². The zero-order valence-electron chi connectivity index (χ0n) is 15.4. The quantitative estimate of drug-likeness (QED) is 0.588. The molecule has 1 spiro atoms. The van der Waals surface area contributed by atoms with Gasteiger partial charge in [-0.3, -0.25) is 4.79 Å². The van der Waals surface area contributed by atoms with Crippen molar-refractivity contribution in [1.29, 1.82) is 0 Å². The number of rotatable bonds is 1. The van der Waals surface area contributed by atoms with Gasteiger partial charge in [0.15, 0.2) is 0 Å². The minimum Gasteiger partial charge on any atom is -0.472 e. The van der Waals surface area contributed by atoms with Gasteiger partial charge in [0.25, 0.3) is 0 Å². The zero-order chi connectivity index (χ0) is 18.5. The first-order chi connectivity index (χ1) is 12.2. The molecule has 6 heteroatoms. The number of esters is 1. The van der Waals surface area contributed by atoms with Crippen LogP contribution in [0.5, 0.6) is 0 Å². The fraction of sp³-hybridized carbons (Fsp3) is 0.750. The van der Waals surface area contributed by atoms with Crippen LogP contribution in [0.4, 0.5) is 0 Å². The first-order valence-corrected chi connectivity index (χ1v) is 9.52. The lowest BCUT2D eigenvalue weighted by atomic mass is 9.41. The summed E-state index contributed by atoms with van der Waals surface area (Å²) in [6.07, 6.45) is 3.98. The SMILES string of the molecule is C[C@@H]1C[C@@H](O)[C@@]2(C)[C@](O)(CC[C@H]3O[C@]32C)[C@@]12C[C@H](c1ccoc1)OC2=O. The van der Waals surface area contributed by atoms with E-state index in [9.17, 15) is 15.0 Å². The summed E-state index contributed by atoms with van der Waals surface area (Å²) in [6, 6.07) is 1.80. The normalized spacial score (nSPS) is 55.3. The number of epoxide rings is 1. The standard InChI is InChI=1S/C20H26O6/c1-11-8-14(21)17(2)18(3)15(26-18)4-6-20(17,23)19(11)9-13(25-16(19)22)12-5-7-24-10-12/h5,7,10-11,13-15,21,23H,4,6,8-9H2,1-3H3/t11-,13-,14-,15-,17-,18-,19+,20-/m1/s1. The molecule has 2 N–H and O–H groups in total. The molecular formula is C20H26O6. The van der Waals surface area contributed by atoms with Crippen molar-refractivity contribution in [2.24, 2.45) is 16.7 Å². The smallest absolute Gasteiger partial charge is 0.316 e. The van der Waals surface area contributed by atoms with Crippen LogP contribution in [0.3, 0.4) is 0 Å². The van der Waals surface area contributed by atoms with Gasteiger partial charge in [0.2, 0.25) is 0 Å². The lowest BCUT2D eigenvalue weighted by Gasteiger charge is -2.64. The van der Waals surface area contributed by atoms with E-state index in [2.05, 4.69) is 0 Å². The molecule has 2 saturated carbocycles. The summed E-state index contributed by atoms with van der Waals surface area (Å²) in [7, 11) is 0. The number of aliphatic hydroxyl groups is 2. The Bertz CT molecular complexity index is 760. The van der Waals surface area contributed by atoms with E-state index >= 15 is 0 Å². The molecule has 0 bridgehead atoms. The van der Waals surface area contributed by atoms with E-state index in [1.54, 1.807) is 18.6 Å². The summed E-state index contributed by atoms with van der Waals surface area (Å²) in [5.41, 5.74) is -3.15. The largest absolute Gasteiger partial charge is 0.472 e. The van der Waals surface area contributed by atoms with E-state index in [-0.39, 0.29) is 18.0 Å². The van der Waals surface area contributed by atoms with Gasteiger partial charge in [0, 0.05) is 12.0 Å². The van der Waals surface area contributed by atoms with E-state index in [1.807, 2.05) is 20.8 Å². The van der Waals surface area contributed by atoms with Crippen LogP contribution in [0.1, 0.15) is 58.1 Å². The number of carbonyl (C=O) groups excluding carboxylic acids is 1. The van der Waals surface area contributed by atoms with Crippen molar-refractivity contribution in [2.75, 3.05) is 0 Å². The second-order valence-corrected chi connectivity index (χ2v) is 9.09. The number of hydrogen-bond donors (Lipinski definition) is 2. The van der Waals surface area contributed by atoms with Crippen LogP contribution in [0.2, 0.25) is 0 Å². The molecule has 0 radical (unpaired) electrons. The molecular weight excluding hydrogens is 336 g/mol. The van der Waals surface area contributed by atoms with Gasteiger partial charge in [-0.25, -0.2) is 0 Å². The van der Waals surface area contributed by atoms with Crippen LogP contribution in [-0.4, -0.2) is 39.6 Å². The number of fused-ring (bicyclic) bond motifs is 4. The molecule has 6 nitrogen and oxygen atoms in total. The molecule has 2 aliphatic carbocycles. The van der Waals surface area contributed by atoms with Gasteiger partial charge < -0.3 is 24.1 Å². The maximum Gasteiger partial charge on any atom is 0.316 e. The van der Waals surface area contributed by atoms with Gasteiger partial charge in [-0.15, -0.1) is 0 Å². The predicted octanol–water partition coefficient (Wildman–Crippen LogP) is 2.34. The Labute approximate surface area is 152 Å². The van der Waals surface area contributed by atoms with E-state index in [1.165, 1.54) is 0 Å². The van der Waals surface area contributed by atoms with Crippen LogP contribution >= 0.6 is 0 Å². The van der Waals surface area contributed by atoms with Gasteiger partial charge in [0.1, 0.15) is 17.1 Å². The molecule has 26 heavy (non-hydrogen) atoms. The van der Waals surface area contributed by atoms with Crippen LogP contribution in [0.25, 0.3) is 0 Å². The Morgan fingerprint density at radius 2 is 2.08 bits per heavy atom. The summed E-state index contributed by atoms with van der Waals surface area (Å²) < 4.78 is 16.9. The highest BCUT2D eigenvalue weighted by atomic mass is 16.6. The van der Waals surface area contributed by atoms with Gasteiger partial charge in [-0.05, 0) is 38.2 Å². The Hall–Kier alpha value is -1.37. The molecule has 0 aromatic carbocycles. The molecule has 1 aromatic heterocycles. The van der Waals surface area contributed by atoms with Crippen molar-refractivity contribution in [2.45, 2.75) is 76.0 Å². The van der Waals surface area contributed by atoms with Crippen LogP contribution < -0.4 is 0 Å². The number of ether oxygens (including phenoxy) is 2. The van der Waals surface area contributed by atoms with Crippen molar-refractivity contribution in [3.63, 3.8) is 0 Å². The summed E-state index contributed by atoms with van der Waals surface area (Å²) in [6.45, 7) is 5.80. The lowest BCUT2D eigenvalue weighted by molar-refractivity contribution is -0.272. The molecule has 5 rings (SSSR count). The summed E-state index contributed by atoms with van der Waals surface area (Å²) in [5, 5.41) is 23.2. The topological polar surface area (TPSA) is 92.4 Å². The third-order valence-electron chi connectivity index (χ3n) is 8.46. The molecule has 2 saturated heterocycles. The third-order valence-corrected chi connectivity index (χ3v) is 8.46. The second kappa shape index (κ2) is 4.72. The highest BCUT2D eigenvalue weighted by Crippen LogP contribution is 2.73. The minimum atomic E-state index is -1.38. The number of cyclic esters (lactones) is 1. The van der Waals surface area contributed by atoms with Gasteiger partial charge >= 0.3 is 5.97 Å². The zero-order valence-corrected chi connectivity index (χ0v) is 15.4. The number of hydrogen-bond acceptors (Lipinski definition) is 6. The molecule has 8 atom stereocenters. The first kappa shape index (κ1) is 16.8. The Balaban J connectivity index is 1.65. The van der Waals surface area contributed by atoms with Crippen molar-refractivity contribution in [3.8, 4) is 0 Å². The maximum atomic E-state index is 13.3. The summed E-state index contributed by atoms with van der Waals surface area (Å²) >= 11 is 0. The number of aliphatic hydroxyl groups excluding tert-OH is 1. The average molecular weight is 362 g/mol. The van der Waals surface area contributed by atoms with Crippen LogP contribution in [-0.2, 0) is 14.3 Å². The van der Waals surface area contributed by atoms with Gasteiger partial charge in [-0.1, -0.05) is 13.8 Å². The van der Waals surface area contributed by atoms with Crippen molar-refractivity contribution >= 4 is 5.97 Å². The fourth-order valence-electron chi connectivity index (χ4n) is 6.57. The van der Waals surface area contributed by atoms with Crippen LogP contribution in [0, 0.1) is 16.7 Å². The molecule has 3 heterocycles. The Morgan fingerprint density at radius 3 is 2.77 bits per heavy atom. The molecule has 1 aromatic rings. The maximum absolute atomic E-state index is 13.3. The Morgan fingerprint density at radius 1 is 1.31 bits per heavy atom. The Kier molecular flexibility index (Phi) is 3.05. The molecule has 2 aliphatic heterocycles. The number of furan rings is 1. The van der Waals surface area contributed by atoms with Crippen molar-refractivity contribution < 1.29 is 28.9 Å². The highest BCUT2D eigenvalue weighted by molar-refractivity contribution is 5.82. The van der Waals surface area contributed by atoms with E-state index in [0.717, 1.165) is 5.56 Å². The van der Waals surface area contributed by atoms with Gasteiger partial charge in [0.05, 0.1) is 35.8 Å². The van der Waals surface area contributed by atoms with Crippen molar-refractivity contribution in [3.05, 3.63) is 24.2 Å². The monoisotopic (exact) mass is 362 g/mol. The predicted molar refractivity (Wildman–Crippen MR) is 89.9 cm³/mol. The second-order valence-electron chi connectivity index (χ2n) is 9.09. The average Bonchev–Trinajstić information content (AvgIpc) is 2.97. The lowest BCUT2D eigenvalue weighted by Crippen LogP contribution is -2.75. The molecule has 0 amide bonds. The fourth-order valence-corrected chi connectivity index (χ4v) is 6.57. The minimum absolute atomic E-state index is 0.0370. The van der Waals surface area contributed by atoms with Crippen molar-refractivity contribution in [1.82, 2.24) is 0 Å². The van der Waals surface area contributed by atoms with E-state index < -0.39 is 34.2 Å². The highest BCUT2D eigenvalue weighted by Gasteiger charge is 2.84. The molecule has 0 unspecified atom stereocenters. The third kappa shape index (κ3) is 1.55. The molecule has 4 aliphatic rings.